The summed E-state index contributed by atoms with van der Waals surface area (Å²) in [6.07, 6.45) is -0.801. The van der Waals surface area contributed by atoms with Crippen molar-refractivity contribution in [3.05, 3.63) is 65.2 Å². The van der Waals surface area contributed by atoms with E-state index in [4.69, 9.17) is 11.0 Å². The Morgan fingerprint density at radius 1 is 1.12 bits per heavy atom. The van der Waals surface area contributed by atoms with Gasteiger partial charge >= 0.3 is 0 Å². The first-order valence-corrected chi connectivity index (χ1v) is 5.25. The third kappa shape index (κ3) is 2.27. The quantitative estimate of drug-likeness (QED) is 0.768. The maximum atomic E-state index is 10.2. The van der Waals surface area contributed by atoms with Crippen molar-refractivity contribution < 1.29 is 5.11 Å². The van der Waals surface area contributed by atoms with Crippen molar-refractivity contribution in [1.29, 1.82) is 5.26 Å². The molecule has 0 amide bonds. The Morgan fingerprint density at radius 3 is 2.47 bits per heavy atom. The monoisotopic (exact) mass is 224 g/mol. The molecule has 0 bridgehead atoms. The molecule has 0 heterocycles. The van der Waals surface area contributed by atoms with Gasteiger partial charge in [0, 0.05) is 11.3 Å². The highest BCUT2D eigenvalue weighted by molar-refractivity contribution is 5.54. The summed E-state index contributed by atoms with van der Waals surface area (Å²) in [5, 5.41) is 19.0. The van der Waals surface area contributed by atoms with E-state index in [9.17, 15) is 5.11 Å². The van der Waals surface area contributed by atoms with Crippen LogP contribution in [-0.2, 0) is 0 Å². The highest BCUT2D eigenvalue weighted by atomic mass is 16.3. The van der Waals surface area contributed by atoms with E-state index in [2.05, 4.69) is 0 Å². The zero-order chi connectivity index (χ0) is 12.3. The van der Waals surface area contributed by atoms with Crippen LogP contribution in [0.25, 0.3) is 0 Å². The van der Waals surface area contributed by atoms with Crippen molar-refractivity contribution in [2.75, 3.05) is 5.73 Å². The fourth-order valence-electron chi connectivity index (χ4n) is 1.70. The summed E-state index contributed by atoms with van der Waals surface area (Å²) in [7, 11) is 0. The number of nitriles is 1. The SMILES string of the molecule is N#Cc1ccc(N)c(C(O)c2ccccc2)c1. The van der Waals surface area contributed by atoms with E-state index in [0.29, 0.717) is 16.8 Å². The van der Waals surface area contributed by atoms with Gasteiger partial charge in [-0.1, -0.05) is 30.3 Å². The fraction of sp³-hybridized carbons (Fsp3) is 0.0714. The van der Waals surface area contributed by atoms with Gasteiger partial charge in [0.05, 0.1) is 11.6 Å². The molecule has 84 valence electrons. The van der Waals surface area contributed by atoms with Crippen LogP contribution >= 0.6 is 0 Å². The number of benzene rings is 2. The standard InChI is InChI=1S/C14H12N2O/c15-9-10-6-7-13(16)12(8-10)14(17)11-4-2-1-3-5-11/h1-8,14,17H,16H2. The Hall–Kier alpha value is -2.31. The van der Waals surface area contributed by atoms with Crippen molar-refractivity contribution in [3.63, 3.8) is 0 Å². The molecule has 2 aromatic carbocycles. The molecule has 1 atom stereocenters. The van der Waals surface area contributed by atoms with Crippen LogP contribution in [0.4, 0.5) is 5.69 Å². The maximum absolute atomic E-state index is 10.2. The number of anilines is 1. The minimum Gasteiger partial charge on any atom is -0.398 e. The van der Waals surface area contributed by atoms with Gasteiger partial charge in [0.25, 0.3) is 0 Å². The minimum absolute atomic E-state index is 0.486. The molecule has 1 unspecified atom stereocenters. The second kappa shape index (κ2) is 4.69. The first-order valence-electron chi connectivity index (χ1n) is 5.25. The Bertz CT molecular complexity index is 558. The lowest BCUT2D eigenvalue weighted by Gasteiger charge is -2.14. The third-order valence-electron chi connectivity index (χ3n) is 2.63. The van der Waals surface area contributed by atoms with Crippen LogP contribution in [0.2, 0.25) is 0 Å². The average Bonchev–Trinajstić information content (AvgIpc) is 2.39. The van der Waals surface area contributed by atoms with Gasteiger partial charge < -0.3 is 10.8 Å². The topological polar surface area (TPSA) is 70.0 Å². The van der Waals surface area contributed by atoms with Crippen LogP contribution in [0, 0.1) is 11.3 Å². The van der Waals surface area contributed by atoms with Gasteiger partial charge in [-0.05, 0) is 23.8 Å². The summed E-state index contributed by atoms with van der Waals surface area (Å²) in [4.78, 5) is 0. The summed E-state index contributed by atoms with van der Waals surface area (Å²) in [6.45, 7) is 0. The van der Waals surface area contributed by atoms with Crippen LogP contribution in [0.15, 0.2) is 48.5 Å². The summed E-state index contributed by atoms with van der Waals surface area (Å²) in [6, 6.07) is 16.2. The molecule has 0 saturated heterocycles. The maximum Gasteiger partial charge on any atom is 0.106 e. The first-order chi connectivity index (χ1) is 8.22. The summed E-state index contributed by atoms with van der Waals surface area (Å²) < 4.78 is 0. The predicted octanol–water partition coefficient (Wildman–Crippen LogP) is 2.22. The predicted molar refractivity (Wildman–Crippen MR) is 66.1 cm³/mol. The smallest absolute Gasteiger partial charge is 0.106 e. The second-order valence-electron chi connectivity index (χ2n) is 3.77. The lowest BCUT2D eigenvalue weighted by Crippen LogP contribution is -2.04. The molecule has 3 nitrogen and oxygen atoms in total. The summed E-state index contributed by atoms with van der Waals surface area (Å²) >= 11 is 0. The number of nitrogens with zero attached hydrogens (tertiary/aromatic N) is 1. The number of rotatable bonds is 2. The molecule has 2 rings (SSSR count). The number of nitrogens with two attached hydrogens (primary N) is 1. The lowest BCUT2D eigenvalue weighted by molar-refractivity contribution is 0.221. The van der Waals surface area contributed by atoms with Crippen LogP contribution in [0.1, 0.15) is 22.8 Å². The molecule has 0 spiro atoms. The van der Waals surface area contributed by atoms with Gasteiger partial charge in [0.15, 0.2) is 0 Å². The number of hydrogen-bond acceptors (Lipinski definition) is 3. The van der Waals surface area contributed by atoms with E-state index in [1.807, 2.05) is 36.4 Å². The Labute approximate surface area is 99.7 Å². The van der Waals surface area contributed by atoms with Gasteiger partial charge in [-0.15, -0.1) is 0 Å². The second-order valence-corrected chi connectivity index (χ2v) is 3.77. The van der Waals surface area contributed by atoms with E-state index >= 15 is 0 Å². The third-order valence-corrected chi connectivity index (χ3v) is 2.63. The van der Waals surface area contributed by atoms with Crippen molar-refractivity contribution in [1.82, 2.24) is 0 Å². The Kier molecular flexibility index (Phi) is 3.08. The molecule has 0 aromatic heterocycles. The average molecular weight is 224 g/mol. The van der Waals surface area contributed by atoms with Gasteiger partial charge in [-0.2, -0.15) is 5.26 Å². The van der Waals surface area contributed by atoms with Gasteiger partial charge in [-0.25, -0.2) is 0 Å². The number of nitrogen functional groups attached to an aromatic ring is 1. The highest BCUT2D eigenvalue weighted by Crippen LogP contribution is 2.27. The highest BCUT2D eigenvalue weighted by Gasteiger charge is 2.13. The lowest BCUT2D eigenvalue weighted by atomic mass is 9.98. The van der Waals surface area contributed by atoms with E-state index in [-0.39, 0.29) is 0 Å². The molecule has 0 fully saturated rings. The largest absolute Gasteiger partial charge is 0.398 e. The molecule has 2 aromatic rings. The van der Waals surface area contributed by atoms with Crippen LogP contribution in [0.3, 0.4) is 0 Å². The summed E-state index contributed by atoms with van der Waals surface area (Å²) in [5.74, 6) is 0. The van der Waals surface area contributed by atoms with Crippen molar-refractivity contribution in [2.24, 2.45) is 0 Å². The van der Waals surface area contributed by atoms with E-state index in [1.165, 1.54) is 0 Å². The zero-order valence-electron chi connectivity index (χ0n) is 9.17. The molecule has 0 aliphatic rings. The first kappa shape index (κ1) is 11.2. The van der Waals surface area contributed by atoms with Crippen LogP contribution < -0.4 is 5.73 Å². The molecular formula is C14H12N2O. The molecule has 0 saturated carbocycles. The molecule has 0 radical (unpaired) electrons. The minimum atomic E-state index is -0.801. The summed E-state index contributed by atoms with van der Waals surface area (Å²) in [5.41, 5.74) is 8.11. The fourth-order valence-corrected chi connectivity index (χ4v) is 1.70. The number of hydrogen-bond donors (Lipinski definition) is 2. The van der Waals surface area contributed by atoms with E-state index < -0.39 is 6.10 Å². The van der Waals surface area contributed by atoms with Crippen LogP contribution in [-0.4, -0.2) is 5.11 Å². The van der Waals surface area contributed by atoms with Crippen molar-refractivity contribution in [2.45, 2.75) is 6.10 Å². The van der Waals surface area contributed by atoms with E-state index in [1.54, 1.807) is 18.2 Å². The Balaban J connectivity index is 2.44. The van der Waals surface area contributed by atoms with Crippen LogP contribution in [0.5, 0.6) is 0 Å². The number of aliphatic hydroxyl groups is 1. The molecule has 3 N–H and O–H groups in total. The van der Waals surface area contributed by atoms with E-state index in [0.717, 1.165) is 5.56 Å². The molecule has 3 heteroatoms. The molecular weight excluding hydrogens is 212 g/mol. The van der Waals surface area contributed by atoms with Crippen molar-refractivity contribution in [3.8, 4) is 6.07 Å². The van der Waals surface area contributed by atoms with Gasteiger partial charge in [0.1, 0.15) is 6.10 Å². The number of aliphatic hydroxyl groups excluding tert-OH is 1. The van der Waals surface area contributed by atoms with Gasteiger partial charge in [0.2, 0.25) is 0 Å². The zero-order valence-corrected chi connectivity index (χ0v) is 9.17. The van der Waals surface area contributed by atoms with Gasteiger partial charge in [-0.3, -0.25) is 0 Å². The normalized spacial score (nSPS) is 11.8. The van der Waals surface area contributed by atoms with Crippen molar-refractivity contribution >= 4 is 5.69 Å². The molecule has 17 heavy (non-hydrogen) atoms. The molecule has 0 aliphatic carbocycles. The molecule has 0 aliphatic heterocycles. The Morgan fingerprint density at radius 2 is 1.82 bits per heavy atom.